The van der Waals surface area contributed by atoms with Gasteiger partial charge in [0, 0.05) is 18.0 Å². The van der Waals surface area contributed by atoms with E-state index in [9.17, 15) is 19.7 Å². The summed E-state index contributed by atoms with van der Waals surface area (Å²) in [6.07, 6.45) is 3.23. The van der Waals surface area contributed by atoms with E-state index in [2.05, 4.69) is 10.3 Å². The van der Waals surface area contributed by atoms with Gasteiger partial charge in [0.25, 0.3) is 0 Å². The van der Waals surface area contributed by atoms with Crippen molar-refractivity contribution in [3.63, 3.8) is 0 Å². The number of pyridine rings is 1. The van der Waals surface area contributed by atoms with Gasteiger partial charge in [0.15, 0.2) is 5.03 Å². The fourth-order valence-electron chi connectivity index (χ4n) is 1.88. The molecule has 1 aromatic heterocycles. The minimum atomic E-state index is -0.897. The average Bonchev–Trinajstić information content (AvgIpc) is 2.60. The van der Waals surface area contributed by atoms with Crippen LogP contribution in [0.3, 0.4) is 0 Å². The number of aromatic nitrogens is 1. The maximum atomic E-state index is 12.1. The molecule has 0 aliphatic rings. The summed E-state index contributed by atoms with van der Waals surface area (Å²) in [5, 5.41) is 13.7. The molecule has 7 N–H and O–H groups in total. The molecule has 0 fully saturated rings. The SMILES string of the molecule is NCCCC[C@H](NC(=O)[C@@H](N)CSSc1ncccc1[N+](=O)[O-])C(N)=O. The van der Waals surface area contributed by atoms with Crippen molar-refractivity contribution in [1.29, 1.82) is 0 Å². The molecule has 144 valence electrons. The molecule has 12 heteroatoms. The highest BCUT2D eigenvalue weighted by Gasteiger charge is 2.22. The summed E-state index contributed by atoms with van der Waals surface area (Å²) >= 11 is 0. The predicted molar refractivity (Wildman–Crippen MR) is 101 cm³/mol. The van der Waals surface area contributed by atoms with Gasteiger partial charge in [0.1, 0.15) is 6.04 Å². The molecular formula is C14H22N6O4S2. The molecule has 0 aromatic carbocycles. The summed E-state index contributed by atoms with van der Waals surface area (Å²) in [5.74, 6) is -0.961. The molecule has 0 saturated heterocycles. The van der Waals surface area contributed by atoms with Gasteiger partial charge in [-0.3, -0.25) is 19.7 Å². The lowest BCUT2D eigenvalue weighted by Gasteiger charge is -2.18. The number of carbonyl (C=O) groups is 2. The third-order valence-corrected chi connectivity index (χ3v) is 5.60. The number of nitrogens with one attached hydrogen (secondary N) is 1. The number of primary amides is 1. The molecule has 2 atom stereocenters. The molecule has 10 nitrogen and oxygen atoms in total. The molecule has 0 spiro atoms. The first-order valence-electron chi connectivity index (χ1n) is 7.81. The number of carbonyl (C=O) groups excluding carboxylic acids is 2. The molecule has 2 amide bonds. The summed E-state index contributed by atoms with van der Waals surface area (Å²) in [6, 6.07) is 1.13. The van der Waals surface area contributed by atoms with Crippen LogP contribution < -0.4 is 22.5 Å². The highest BCUT2D eigenvalue weighted by molar-refractivity contribution is 8.76. The number of nitrogens with two attached hydrogens (primary N) is 3. The normalized spacial score (nSPS) is 13.0. The zero-order valence-corrected chi connectivity index (χ0v) is 15.6. The van der Waals surface area contributed by atoms with Crippen LogP contribution in [0.4, 0.5) is 5.69 Å². The van der Waals surface area contributed by atoms with Crippen LogP contribution in [0.1, 0.15) is 19.3 Å². The van der Waals surface area contributed by atoms with Crippen molar-refractivity contribution in [2.45, 2.75) is 36.4 Å². The molecule has 1 rings (SSSR count). The Morgan fingerprint density at radius 1 is 1.38 bits per heavy atom. The van der Waals surface area contributed by atoms with Crippen molar-refractivity contribution in [2.24, 2.45) is 17.2 Å². The van der Waals surface area contributed by atoms with E-state index in [0.29, 0.717) is 19.4 Å². The van der Waals surface area contributed by atoms with E-state index in [4.69, 9.17) is 17.2 Å². The van der Waals surface area contributed by atoms with E-state index in [0.717, 1.165) is 28.0 Å². The molecule has 1 aromatic rings. The largest absolute Gasteiger partial charge is 0.368 e. The van der Waals surface area contributed by atoms with Crippen LogP contribution in [0, 0.1) is 10.1 Å². The zero-order valence-electron chi connectivity index (χ0n) is 14.0. The molecule has 0 unspecified atom stereocenters. The van der Waals surface area contributed by atoms with Gasteiger partial charge in [-0.2, -0.15) is 0 Å². The lowest BCUT2D eigenvalue weighted by molar-refractivity contribution is -0.388. The van der Waals surface area contributed by atoms with Gasteiger partial charge in [-0.05, 0) is 42.7 Å². The van der Waals surface area contributed by atoms with Crippen LogP contribution in [-0.4, -0.2) is 46.1 Å². The van der Waals surface area contributed by atoms with E-state index in [1.165, 1.54) is 18.3 Å². The van der Waals surface area contributed by atoms with Crippen molar-refractivity contribution in [1.82, 2.24) is 10.3 Å². The van der Waals surface area contributed by atoms with Crippen molar-refractivity contribution in [3.05, 3.63) is 28.4 Å². The van der Waals surface area contributed by atoms with Crippen LogP contribution in [-0.2, 0) is 9.59 Å². The van der Waals surface area contributed by atoms with Crippen LogP contribution in [0.5, 0.6) is 0 Å². The standard InChI is InChI=1S/C14H22N6O4S2/c15-6-2-1-4-10(12(17)21)19-13(22)9(16)8-25-26-14-11(20(23)24)5-3-7-18-14/h3,5,7,9-10H,1-2,4,6,8,15-16H2,(H2,17,21)(H,19,22)/t9-,10-/m0/s1. The third-order valence-electron chi connectivity index (χ3n) is 3.28. The van der Waals surface area contributed by atoms with Gasteiger partial charge < -0.3 is 22.5 Å². The molecular weight excluding hydrogens is 380 g/mol. The van der Waals surface area contributed by atoms with Crippen LogP contribution >= 0.6 is 21.6 Å². The summed E-state index contributed by atoms with van der Waals surface area (Å²) < 4.78 is 0. The first-order valence-corrected chi connectivity index (χ1v) is 10.1. The highest BCUT2D eigenvalue weighted by atomic mass is 33.1. The Balaban J connectivity index is 2.49. The number of hydrogen-bond acceptors (Lipinski definition) is 9. The maximum Gasteiger partial charge on any atom is 0.302 e. The smallest absolute Gasteiger partial charge is 0.302 e. The van der Waals surface area contributed by atoms with Crippen LogP contribution in [0.15, 0.2) is 23.4 Å². The Bertz CT molecular complexity index is 633. The Morgan fingerprint density at radius 2 is 2.12 bits per heavy atom. The summed E-state index contributed by atoms with van der Waals surface area (Å²) in [4.78, 5) is 37.8. The van der Waals surface area contributed by atoms with E-state index >= 15 is 0 Å². The van der Waals surface area contributed by atoms with Gasteiger partial charge in [-0.15, -0.1) is 0 Å². The second kappa shape index (κ2) is 11.7. The Morgan fingerprint density at radius 3 is 2.73 bits per heavy atom. The number of nitro groups is 1. The number of unbranched alkanes of at least 4 members (excludes halogenated alkanes) is 1. The minimum absolute atomic E-state index is 0.114. The molecule has 1 heterocycles. The van der Waals surface area contributed by atoms with Gasteiger partial charge in [0.2, 0.25) is 11.8 Å². The first kappa shape index (κ1) is 22.2. The molecule has 0 saturated carbocycles. The lowest BCUT2D eigenvalue weighted by atomic mass is 10.1. The van der Waals surface area contributed by atoms with Crippen LogP contribution in [0.2, 0.25) is 0 Å². The van der Waals surface area contributed by atoms with E-state index in [1.807, 2.05) is 0 Å². The van der Waals surface area contributed by atoms with E-state index in [-0.39, 0.29) is 16.5 Å². The van der Waals surface area contributed by atoms with Gasteiger partial charge in [-0.1, -0.05) is 10.8 Å². The number of rotatable bonds is 12. The van der Waals surface area contributed by atoms with Gasteiger partial charge in [-0.25, -0.2) is 4.98 Å². The Labute approximate surface area is 158 Å². The quantitative estimate of drug-likeness (QED) is 0.164. The molecule has 0 radical (unpaired) electrons. The lowest BCUT2D eigenvalue weighted by Crippen LogP contribution is -2.51. The first-order chi connectivity index (χ1) is 12.4. The minimum Gasteiger partial charge on any atom is -0.368 e. The van der Waals surface area contributed by atoms with Gasteiger partial charge in [0.05, 0.1) is 11.0 Å². The molecule has 0 bridgehead atoms. The molecule has 0 aliphatic carbocycles. The fourth-order valence-corrected chi connectivity index (χ4v) is 4.06. The summed E-state index contributed by atoms with van der Waals surface area (Å²) in [6.45, 7) is 0.493. The second-order valence-corrected chi connectivity index (χ2v) is 7.64. The van der Waals surface area contributed by atoms with Crippen molar-refractivity contribution in [3.8, 4) is 0 Å². The number of hydrogen-bond donors (Lipinski definition) is 4. The second-order valence-electron chi connectivity index (χ2n) is 5.31. The molecule has 0 aliphatic heterocycles. The van der Waals surface area contributed by atoms with Gasteiger partial charge >= 0.3 is 5.69 Å². The van der Waals surface area contributed by atoms with E-state index < -0.39 is 28.8 Å². The summed E-state index contributed by atoms with van der Waals surface area (Å²) in [5.41, 5.74) is 16.4. The predicted octanol–water partition coefficient (Wildman–Crippen LogP) is 0.157. The Kier molecular flexibility index (Phi) is 9.95. The van der Waals surface area contributed by atoms with Crippen molar-refractivity contribution in [2.75, 3.05) is 12.3 Å². The molecule has 26 heavy (non-hydrogen) atoms. The highest BCUT2D eigenvalue weighted by Crippen LogP contribution is 2.35. The fraction of sp³-hybridized carbons (Fsp3) is 0.500. The van der Waals surface area contributed by atoms with E-state index in [1.54, 1.807) is 0 Å². The number of amides is 2. The topological polar surface area (TPSA) is 180 Å². The van der Waals surface area contributed by atoms with Crippen molar-refractivity contribution >= 4 is 39.1 Å². The average molecular weight is 403 g/mol. The monoisotopic (exact) mass is 402 g/mol. The van der Waals surface area contributed by atoms with Crippen LogP contribution in [0.25, 0.3) is 0 Å². The Hall–Kier alpha value is -1.89. The maximum absolute atomic E-state index is 12.1. The third kappa shape index (κ3) is 7.56. The van der Waals surface area contributed by atoms with Crippen molar-refractivity contribution < 1.29 is 14.5 Å². The zero-order chi connectivity index (χ0) is 19.5. The summed E-state index contributed by atoms with van der Waals surface area (Å²) in [7, 11) is 2.22. The number of nitrogens with zero attached hydrogens (tertiary/aromatic N) is 2.